The van der Waals surface area contributed by atoms with Crippen LogP contribution in [-0.4, -0.2) is 18.8 Å². The number of benzene rings is 1. The molecular weight excluding hydrogens is 194 g/mol. The SMILES string of the molecule is CCc1ccc(OC)c(C(=O)C(N)=O)c1. The van der Waals surface area contributed by atoms with Gasteiger partial charge in [0.15, 0.2) is 0 Å². The van der Waals surface area contributed by atoms with Gasteiger partial charge in [0.1, 0.15) is 5.75 Å². The summed E-state index contributed by atoms with van der Waals surface area (Å²) in [4.78, 5) is 22.2. The van der Waals surface area contributed by atoms with E-state index < -0.39 is 11.7 Å². The number of amides is 1. The zero-order valence-electron chi connectivity index (χ0n) is 8.74. The minimum Gasteiger partial charge on any atom is -0.496 e. The van der Waals surface area contributed by atoms with E-state index in [-0.39, 0.29) is 5.56 Å². The van der Waals surface area contributed by atoms with Gasteiger partial charge in [-0.1, -0.05) is 13.0 Å². The number of ketones is 1. The average molecular weight is 207 g/mol. The lowest BCUT2D eigenvalue weighted by atomic mass is 10.0. The van der Waals surface area contributed by atoms with Gasteiger partial charge in [0.25, 0.3) is 11.7 Å². The van der Waals surface area contributed by atoms with Crippen molar-refractivity contribution in [1.82, 2.24) is 0 Å². The molecule has 0 bridgehead atoms. The number of nitrogens with two attached hydrogens (primary N) is 1. The van der Waals surface area contributed by atoms with E-state index in [0.717, 1.165) is 12.0 Å². The molecule has 0 spiro atoms. The van der Waals surface area contributed by atoms with Crippen molar-refractivity contribution >= 4 is 11.7 Å². The molecule has 0 aromatic heterocycles. The summed E-state index contributed by atoms with van der Waals surface area (Å²) in [6.45, 7) is 1.96. The normalized spacial score (nSPS) is 9.73. The molecule has 4 heteroatoms. The summed E-state index contributed by atoms with van der Waals surface area (Å²) in [5.74, 6) is -1.32. The van der Waals surface area contributed by atoms with Crippen LogP contribution in [0.3, 0.4) is 0 Å². The van der Waals surface area contributed by atoms with Crippen LogP contribution >= 0.6 is 0 Å². The summed E-state index contributed by atoms with van der Waals surface area (Å²) in [5.41, 5.74) is 6.12. The van der Waals surface area contributed by atoms with Crippen molar-refractivity contribution < 1.29 is 14.3 Å². The Morgan fingerprint density at radius 1 is 1.40 bits per heavy atom. The fourth-order valence-corrected chi connectivity index (χ4v) is 1.29. The number of Topliss-reactive ketones (excluding diaryl/α,β-unsaturated/α-hetero) is 1. The Morgan fingerprint density at radius 3 is 2.53 bits per heavy atom. The summed E-state index contributed by atoms with van der Waals surface area (Å²) in [6.07, 6.45) is 0.781. The Hall–Kier alpha value is -1.84. The molecule has 0 unspecified atom stereocenters. The zero-order valence-corrected chi connectivity index (χ0v) is 8.74. The minimum absolute atomic E-state index is 0.226. The lowest BCUT2D eigenvalue weighted by Gasteiger charge is -2.07. The number of ether oxygens (including phenoxy) is 1. The standard InChI is InChI=1S/C11H13NO3/c1-3-7-4-5-9(15-2)8(6-7)10(13)11(12)14/h4-6H,3H2,1-2H3,(H2,12,14). The molecule has 0 radical (unpaired) electrons. The van der Waals surface area contributed by atoms with E-state index in [0.29, 0.717) is 5.75 Å². The van der Waals surface area contributed by atoms with Crippen LogP contribution in [0.15, 0.2) is 18.2 Å². The van der Waals surface area contributed by atoms with Crippen LogP contribution in [0.4, 0.5) is 0 Å². The van der Waals surface area contributed by atoms with Crippen LogP contribution in [0.5, 0.6) is 5.75 Å². The molecule has 1 aromatic carbocycles. The number of methoxy groups -OCH3 is 1. The van der Waals surface area contributed by atoms with E-state index in [4.69, 9.17) is 10.5 Å². The van der Waals surface area contributed by atoms with Gasteiger partial charge >= 0.3 is 0 Å². The monoisotopic (exact) mass is 207 g/mol. The predicted octanol–water partition coefficient (Wildman–Crippen LogP) is 0.926. The van der Waals surface area contributed by atoms with Crippen LogP contribution in [0.1, 0.15) is 22.8 Å². The number of hydrogen-bond acceptors (Lipinski definition) is 3. The maximum Gasteiger partial charge on any atom is 0.289 e. The number of hydrogen-bond donors (Lipinski definition) is 1. The van der Waals surface area contributed by atoms with E-state index in [1.165, 1.54) is 7.11 Å². The van der Waals surface area contributed by atoms with Gasteiger partial charge in [-0.2, -0.15) is 0 Å². The molecule has 1 rings (SSSR count). The summed E-state index contributed by atoms with van der Waals surface area (Å²) in [5, 5.41) is 0. The van der Waals surface area contributed by atoms with Crippen molar-refractivity contribution in [3.63, 3.8) is 0 Å². The van der Waals surface area contributed by atoms with Gasteiger partial charge in [-0.05, 0) is 24.1 Å². The quantitative estimate of drug-likeness (QED) is 0.589. The fourth-order valence-electron chi connectivity index (χ4n) is 1.29. The maximum absolute atomic E-state index is 11.4. The molecule has 0 atom stereocenters. The first-order chi connectivity index (χ1) is 7.10. The molecule has 80 valence electrons. The van der Waals surface area contributed by atoms with E-state index in [2.05, 4.69) is 0 Å². The first kappa shape index (κ1) is 11.2. The first-order valence-corrected chi connectivity index (χ1v) is 4.61. The lowest BCUT2D eigenvalue weighted by molar-refractivity contribution is -0.114. The van der Waals surface area contributed by atoms with Crippen LogP contribution in [0, 0.1) is 0 Å². The number of carbonyl (C=O) groups excluding carboxylic acids is 2. The van der Waals surface area contributed by atoms with Gasteiger partial charge in [0.2, 0.25) is 0 Å². The average Bonchev–Trinajstić information content (AvgIpc) is 2.27. The molecule has 0 aliphatic heterocycles. The Morgan fingerprint density at radius 2 is 2.07 bits per heavy atom. The topological polar surface area (TPSA) is 69.4 Å². The van der Waals surface area contributed by atoms with E-state index in [1.54, 1.807) is 12.1 Å². The molecule has 2 N–H and O–H groups in total. The van der Waals surface area contributed by atoms with Crippen molar-refractivity contribution in [1.29, 1.82) is 0 Å². The number of aryl methyl sites for hydroxylation is 1. The highest BCUT2D eigenvalue weighted by Crippen LogP contribution is 2.20. The van der Waals surface area contributed by atoms with Gasteiger partial charge in [0, 0.05) is 0 Å². The molecular formula is C11H13NO3. The van der Waals surface area contributed by atoms with Crippen LogP contribution in [-0.2, 0) is 11.2 Å². The van der Waals surface area contributed by atoms with Gasteiger partial charge in [-0.3, -0.25) is 9.59 Å². The third-order valence-electron chi connectivity index (χ3n) is 2.14. The largest absolute Gasteiger partial charge is 0.496 e. The molecule has 1 amide bonds. The minimum atomic E-state index is -0.971. The van der Waals surface area contributed by atoms with Crippen molar-refractivity contribution in [2.75, 3.05) is 7.11 Å². The third kappa shape index (κ3) is 2.34. The molecule has 0 fully saturated rings. The highest BCUT2D eigenvalue weighted by molar-refractivity contribution is 6.42. The first-order valence-electron chi connectivity index (χ1n) is 4.61. The molecule has 15 heavy (non-hydrogen) atoms. The Kier molecular flexibility index (Phi) is 3.44. The van der Waals surface area contributed by atoms with Crippen molar-refractivity contribution in [2.24, 2.45) is 5.73 Å². The van der Waals surface area contributed by atoms with E-state index in [1.807, 2.05) is 13.0 Å². The summed E-state index contributed by atoms with van der Waals surface area (Å²) in [7, 11) is 1.44. The Bertz CT molecular complexity index is 399. The number of primary amides is 1. The summed E-state index contributed by atoms with van der Waals surface area (Å²) < 4.78 is 4.99. The second-order valence-corrected chi connectivity index (χ2v) is 3.08. The van der Waals surface area contributed by atoms with Crippen LogP contribution < -0.4 is 10.5 Å². The van der Waals surface area contributed by atoms with Gasteiger partial charge in [0.05, 0.1) is 12.7 Å². The molecule has 0 aliphatic carbocycles. The third-order valence-corrected chi connectivity index (χ3v) is 2.14. The number of rotatable bonds is 4. The second kappa shape index (κ2) is 4.59. The molecule has 0 saturated heterocycles. The zero-order chi connectivity index (χ0) is 11.4. The van der Waals surface area contributed by atoms with E-state index in [9.17, 15) is 9.59 Å². The van der Waals surface area contributed by atoms with Crippen molar-refractivity contribution in [2.45, 2.75) is 13.3 Å². The highest BCUT2D eigenvalue weighted by atomic mass is 16.5. The van der Waals surface area contributed by atoms with Crippen molar-refractivity contribution in [3.05, 3.63) is 29.3 Å². The summed E-state index contributed by atoms with van der Waals surface area (Å²) >= 11 is 0. The number of carbonyl (C=O) groups is 2. The van der Waals surface area contributed by atoms with Gasteiger partial charge in [-0.25, -0.2) is 0 Å². The molecule has 0 aliphatic rings. The summed E-state index contributed by atoms with van der Waals surface area (Å²) in [6, 6.07) is 5.14. The lowest BCUT2D eigenvalue weighted by Crippen LogP contribution is -2.23. The second-order valence-electron chi connectivity index (χ2n) is 3.08. The Balaban J connectivity index is 3.23. The van der Waals surface area contributed by atoms with Gasteiger partial charge in [-0.15, -0.1) is 0 Å². The molecule has 0 saturated carbocycles. The van der Waals surface area contributed by atoms with E-state index >= 15 is 0 Å². The molecule has 1 aromatic rings. The van der Waals surface area contributed by atoms with Gasteiger partial charge < -0.3 is 10.5 Å². The smallest absolute Gasteiger partial charge is 0.289 e. The van der Waals surface area contributed by atoms with Crippen LogP contribution in [0.25, 0.3) is 0 Å². The van der Waals surface area contributed by atoms with Crippen molar-refractivity contribution in [3.8, 4) is 5.75 Å². The predicted molar refractivity (Wildman–Crippen MR) is 55.9 cm³/mol. The van der Waals surface area contributed by atoms with Crippen LogP contribution in [0.2, 0.25) is 0 Å². The maximum atomic E-state index is 11.4. The molecule has 4 nitrogen and oxygen atoms in total. The molecule has 0 heterocycles. The Labute approximate surface area is 88.0 Å². The fraction of sp³-hybridized carbons (Fsp3) is 0.273. The highest BCUT2D eigenvalue weighted by Gasteiger charge is 2.17.